The van der Waals surface area contributed by atoms with Gasteiger partial charge in [-0.15, -0.1) is 0 Å². The maximum absolute atomic E-state index is 12.5. The average Bonchev–Trinajstić information content (AvgIpc) is 3.10. The third-order valence-electron chi connectivity index (χ3n) is 5.33. The van der Waals surface area contributed by atoms with E-state index in [0.717, 1.165) is 53.4 Å². The molecular formula is C22H27N5O2S. The monoisotopic (exact) mass is 425 g/mol. The summed E-state index contributed by atoms with van der Waals surface area (Å²) in [5, 5.41) is 0.686. The number of ketones is 1. The van der Waals surface area contributed by atoms with Gasteiger partial charge in [-0.2, -0.15) is 0 Å². The van der Waals surface area contributed by atoms with Crippen molar-refractivity contribution < 1.29 is 9.53 Å². The van der Waals surface area contributed by atoms with E-state index in [1.54, 1.807) is 0 Å². The van der Waals surface area contributed by atoms with Gasteiger partial charge in [0.15, 0.2) is 27.9 Å². The van der Waals surface area contributed by atoms with E-state index < -0.39 is 0 Å². The van der Waals surface area contributed by atoms with Gasteiger partial charge in [0.05, 0.1) is 13.2 Å². The minimum Gasteiger partial charge on any atom is -0.378 e. The number of fused-ring (bicyclic) bond motifs is 1. The van der Waals surface area contributed by atoms with E-state index in [1.165, 1.54) is 11.8 Å². The number of hydrogen-bond acceptors (Lipinski definition) is 7. The number of nitrogens with zero attached hydrogens (tertiary/aromatic N) is 5. The zero-order valence-electron chi connectivity index (χ0n) is 17.7. The van der Waals surface area contributed by atoms with Gasteiger partial charge in [0.25, 0.3) is 0 Å². The van der Waals surface area contributed by atoms with Crippen LogP contribution in [0.4, 0.5) is 5.82 Å². The number of carbonyl (C=O) groups excluding carboxylic acids is 1. The van der Waals surface area contributed by atoms with Crippen molar-refractivity contribution in [3.8, 4) is 0 Å². The van der Waals surface area contributed by atoms with Crippen molar-refractivity contribution in [2.75, 3.05) is 37.0 Å². The molecule has 4 rings (SSSR count). The fourth-order valence-corrected chi connectivity index (χ4v) is 4.34. The highest BCUT2D eigenvalue weighted by molar-refractivity contribution is 7.99. The zero-order valence-corrected chi connectivity index (χ0v) is 18.5. The Labute approximate surface area is 180 Å². The topological polar surface area (TPSA) is 73.1 Å². The van der Waals surface area contributed by atoms with E-state index in [2.05, 4.69) is 11.8 Å². The Hall–Kier alpha value is -2.45. The molecule has 0 spiro atoms. The van der Waals surface area contributed by atoms with Crippen LogP contribution in [-0.2, 0) is 18.2 Å². The highest BCUT2D eigenvalue weighted by Gasteiger charge is 2.21. The molecule has 0 saturated carbocycles. The summed E-state index contributed by atoms with van der Waals surface area (Å²) in [6.07, 6.45) is 1.29. The molecule has 1 aliphatic heterocycles. The van der Waals surface area contributed by atoms with E-state index >= 15 is 0 Å². The predicted octanol–water partition coefficient (Wildman–Crippen LogP) is 3.44. The minimum atomic E-state index is 0.144. The Morgan fingerprint density at radius 3 is 2.57 bits per heavy atom. The molecule has 0 unspecified atom stereocenters. The lowest BCUT2D eigenvalue weighted by molar-refractivity contribution is 0.0989. The summed E-state index contributed by atoms with van der Waals surface area (Å²) in [6, 6.07) is 7.73. The molecular weight excluding hydrogens is 398 g/mol. The molecule has 1 aromatic carbocycles. The van der Waals surface area contributed by atoms with Gasteiger partial charge in [0.1, 0.15) is 5.82 Å². The summed E-state index contributed by atoms with van der Waals surface area (Å²) in [6.45, 7) is 7.07. The van der Waals surface area contributed by atoms with Gasteiger partial charge in [-0.25, -0.2) is 15.0 Å². The molecule has 0 aliphatic carbocycles. The summed E-state index contributed by atoms with van der Waals surface area (Å²) in [7, 11) is 2.00. The van der Waals surface area contributed by atoms with Crippen molar-refractivity contribution in [1.82, 2.24) is 19.5 Å². The van der Waals surface area contributed by atoms with Gasteiger partial charge in [-0.05, 0) is 6.92 Å². The van der Waals surface area contributed by atoms with Crippen molar-refractivity contribution in [2.45, 2.75) is 31.8 Å². The van der Waals surface area contributed by atoms with E-state index in [4.69, 9.17) is 19.7 Å². The average molecular weight is 426 g/mol. The number of anilines is 1. The minimum absolute atomic E-state index is 0.144. The summed E-state index contributed by atoms with van der Waals surface area (Å²) in [5.41, 5.74) is 3.60. The van der Waals surface area contributed by atoms with Crippen LogP contribution in [0.2, 0.25) is 0 Å². The highest BCUT2D eigenvalue weighted by Crippen LogP contribution is 2.28. The van der Waals surface area contributed by atoms with Crippen LogP contribution in [0.15, 0.2) is 29.4 Å². The van der Waals surface area contributed by atoms with Crippen molar-refractivity contribution in [1.29, 1.82) is 0 Å². The molecule has 1 fully saturated rings. The van der Waals surface area contributed by atoms with Gasteiger partial charge in [-0.1, -0.05) is 48.5 Å². The maximum atomic E-state index is 12.5. The maximum Gasteiger partial charge on any atom is 0.191 e. The molecule has 30 heavy (non-hydrogen) atoms. The Bertz CT molecular complexity index is 1040. The first-order valence-corrected chi connectivity index (χ1v) is 11.3. The van der Waals surface area contributed by atoms with Crippen molar-refractivity contribution in [2.24, 2.45) is 7.05 Å². The summed E-state index contributed by atoms with van der Waals surface area (Å²) in [5.74, 6) is 2.64. The molecule has 0 amide bonds. The first kappa shape index (κ1) is 20.8. The van der Waals surface area contributed by atoms with Crippen LogP contribution in [0.3, 0.4) is 0 Å². The normalized spacial score (nSPS) is 14.4. The summed E-state index contributed by atoms with van der Waals surface area (Å²) in [4.78, 5) is 29.1. The molecule has 0 radical (unpaired) electrons. The number of aryl methyl sites for hydroxylation is 3. The molecule has 7 nitrogen and oxygen atoms in total. The fourth-order valence-electron chi connectivity index (χ4n) is 3.57. The number of benzene rings is 1. The fraction of sp³-hybridized carbons (Fsp3) is 0.455. The van der Waals surface area contributed by atoms with E-state index in [9.17, 15) is 4.79 Å². The number of rotatable bonds is 7. The molecule has 0 bridgehead atoms. The van der Waals surface area contributed by atoms with Gasteiger partial charge >= 0.3 is 0 Å². The number of morpholine rings is 1. The third-order valence-corrected chi connectivity index (χ3v) is 6.18. The first-order valence-electron chi connectivity index (χ1n) is 10.4. The Morgan fingerprint density at radius 2 is 1.87 bits per heavy atom. The molecule has 1 aliphatic rings. The largest absolute Gasteiger partial charge is 0.378 e. The number of carbonyl (C=O) groups is 1. The van der Waals surface area contributed by atoms with Gasteiger partial charge < -0.3 is 14.2 Å². The van der Waals surface area contributed by atoms with Gasteiger partial charge in [-0.3, -0.25) is 4.79 Å². The SMILES string of the molecule is CCc1nc2c(N3CCOCC3)nc(SCCC(=O)c3ccc(C)cc3)nc2n1C. The first-order chi connectivity index (χ1) is 14.6. The number of ether oxygens (including phenoxy) is 1. The Morgan fingerprint density at radius 1 is 1.13 bits per heavy atom. The third kappa shape index (κ3) is 4.34. The Kier molecular flexibility index (Phi) is 6.34. The molecule has 0 atom stereocenters. The standard InChI is InChI=1S/C22H27N5O2S/c1-4-18-23-19-20(26(18)3)24-22(25-21(19)27-10-12-29-13-11-27)30-14-9-17(28)16-7-5-15(2)6-8-16/h5-8H,4,9-14H2,1-3H3. The highest BCUT2D eigenvalue weighted by atomic mass is 32.2. The predicted molar refractivity (Wildman–Crippen MR) is 120 cm³/mol. The smallest absolute Gasteiger partial charge is 0.191 e. The molecule has 1 saturated heterocycles. The van der Waals surface area contributed by atoms with Gasteiger partial charge in [0, 0.05) is 44.3 Å². The second kappa shape index (κ2) is 9.14. The summed E-state index contributed by atoms with van der Waals surface area (Å²) >= 11 is 1.52. The number of imidazole rings is 1. The summed E-state index contributed by atoms with van der Waals surface area (Å²) < 4.78 is 7.54. The van der Waals surface area contributed by atoms with Crippen LogP contribution in [0.25, 0.3) is 11.2 Å². The molecule has 3 heterocycles. The number of aromatic nitrogens is 4. The number of thioether (sulfide) groups is 1. The van der Waals surface area contributed by atoms with E-state index in [-0.39, 0.29) is 5.78 Å². The van der Waals surface area contributed by atoms with Crippen LogP contribution in [0.5, 0.6) is 0 Å². The lowest BCUT2D eigenvalue weighted by atomic mass is 10.1. The molecule has 158 valence electrons. The van der Waals surface area contributed by atoms with Crippen LogP contribution >= 0.6 is 11.8 Å². The van der Waals surface area contributed by atoms with E-state index in [1.807, 2.05) is 42.8 Å². The molecule has 0 N–H and O–H groups in total. The van der Waals surface area contributed by atoms with Crippen LogP contribution in [0.1, 0.15) is 35.1 Å². The van der Waals surface area contributed by atoms with Crippen molar-refractivity contribution in [3.05, 3.63) is 41.2 Å². The number of Topliss-reactive ketones (excluding diaryl/α,β-unsaturated/α-hetero) is 1. The second-order valence-corrected chi connectivity index (χ2v) is 8.49. The van der Waals surface area contributed by atoms with Crippen LogP contribution in [0, 0.1) is 6.92 Å². The van der Waals surface area contributed by atoms with Gasteiger partial charge in [0.2, 0.25) is 0 Å². The number of hydrogen-bond donors (Lipinski definition) is 0. The lowest BCUT2D eigenvalue weighted by Gasteiger charge is -2.28. The molecule has 8 heteroatoms. The van der Waals surface area contributed by atoms with Crippen molar-refractivity contribution >= 4 is 34.5 Å². The molecule has 2 aromatic heterocycles. The van der Waals surface area contributed by atoms with E-state index in [0.29, 0.717) is 30.5 Å². The Balaban J connectivity index is 1.55. The van der Waals surface area contributed by atoms with Crippen LogP contribution < -0.4 is 4.90 Å². The molecule has 3 aromatic rings. The quantitative estimate of drug-likeness (QED) is 0.326. The van der Waals surface area contributed by atoms with Crippen molar-refractivity contribution in [3.63, 3.8) is 0 Å². The second-order valence-electron chi connectivity index (χ2n) is 7.43. The van der Waals surface area contributed by atoms with Crippen LogP contribution in [-0.4, -0.2) is 57.4 Å². The lowest BCUT2D eigenvalue weighted by Crippen LogP contribution is -2.37. The zero-order chi connectivity index (χ0) is 21.1.